The Labute approximate surface area is 169 Å². The Hall–Kier alpha value is -2.57. The number of aliphatic hydroxyl groups excluding tert-OH is 1. The third-order valence-electron chi connectivity index (χ3n) is 5.67. The maximum Gasteiger partial charge on any atom is 0.313 e. The lowest BCUT2D eigenvalue weighted by Crippen LogP contribution is -2.57. The summed E-state index contributed by atoms with van der Waals surface area (Å²) in [5.41, 5.74) is -0.171. The Bertz CT molecular complexity index is 857. The zero-order chi connectivity index (χ0) is 20.9. The molecule has 0 unspecified atom stereocenters. The van der Waals surface area contributed by atoms with Crippen molar-refractivity contribution >= 4 is 11.8 Å². The zero-order valence-electron chi connectivity index (χ0n) is 16.3. The van der Waals surface area contributed by atoms with Gasteiger partial charge in [0.1, 0.15) is 11.2 Å². The highest BCUT2D eigenvalue weighted by molar-refractivity contribution is 5.95. The van der Waals surface area contributed by atoms with Crippen LogP contribution in [0.15, 0.2) is 54.6 Å². The van der Waals surface area contributed by atoms with E-state index in [1.54, 1.807) is 24.3 Å². The molecule has 1 fully saturated rings. The SMILES string of the molecule is O=C(CCCN1CC[C@H](O)[C@](Cc2cccc(F)c2)(C(=O)O)C1)c1ccccc1. The Morgan fingerprint density at radius 2 is 1.90 bits per heavy atom. The van der Waals surface area contributed by atoms with Crippen LogP contribution in [0.2, 0.25) is 0 Å². The Kier molecular flexibility index (Phi) is 6.77. The zero-order valence-corrected chi connectivity index (χ0v) is 16.3. The van der Waals surface area contributed by atoms with Gasteiger partial charge < -0.3 is 15.1 Å². The molecule has 1 heterocycles. The first kappa shape index (κ1) is 21.1. The molecule has 0 radical (unpaired) electrons. The average Bonchev–Trinajstić information content (AvgIpc) is 2.71. The van der Waals surface area contributed by atoms with E-state index in [9.17, 15) is 24.2 Å². The van der Waals surface area contributed by atoms with E-state index in [2.05, 4.69) is 0 Å². The Balaban J connectivity index is 1.64. The number of hydrogen-bond donors (Lipinski definition) is 2. The maximum absolute atomic E-state index is 13.6. The van der Waals surface area contributed by atoms with Gasteiger partial charge in [0.2, 0.25) is 0 Å². The van der Waals surface area contributed by atoms with E-state index in [0.29, 0.717) is 43.5 Å². The third kappa shape index (κ3) is 5.08. The molecule has 0 bridgehead atoms. The van der Waals surface area contributed by atoms with Crippen LogP contribution in [0, 0.1) is 11.2 Å². The highest BCUT2D eigenvalue weighted by Gasteiger charge is 2.49. The lowest BCUT2D eigenvalue weighted by molar-refractivity contribution is -0.163. The van der Waals surface area contributed by atoms with Crippen molar-refractivity contribution in [2.24, 2.45) is 5.41 Å². The maximum atomic E-state index is 13.6. The molecule has 0 spiro atoms. The van der Waals surface area contributed by atoms with Crippen LogP contribution < -0.4 is 0 Å². The lowest BCUT2D eigenvalue weighted by atomic mass is 9.72. The van der Waals surface area contributed by atoms with E-state index >= 15 is 0 Å². The predicted octanol–water partition coefficient (Wildman–Crippen LogP) is 3.17. The van der Waals surface area contributed by atoms with Gasteiger partial charge in [-0.05, 0) is 43.5 Å². The van der Waals surface area contributed by atoms with Crippen LogP contribution in [0.25, 0.3) is 0 Å². The van der Waals surface area contributed by atoms with Crippen molar-refractivity contribution in [1.29, 1.82) is 0 Å². The molecule has 1 saturated heterocycles. The standard InChI is InChI=1S/C23H26FNO4/c24-19-9-4-6-17(14-19)15-23(22(28)29)16-25(13-11-21(23)27)12-5-10-20(26)18-7-2-1-3-8-18/h1-4,6-9,14,21,27H,5,10-13,15-16H2,(H,28,29)/t21-,23+/m0/s1. The second-order valence-electron chi connectivity index (χ2n) is 7.74. The fourth-order valence-electron chi connectivity index (χ4n) is 4.06. The summed E-state index contributed by atoms with van der Waals surface area (Å²) in [6, 6.07) is 14.9. The van der Waals surface area contributed by atoms with Crippen molar-refractivity contribution in [2.45, 2.75) is 31.8 Å². The highest BCUT2D eigenvalue weighted by Crippen LogP contribution is 2.35. The van der Waals surface area contributed by atoms with Crippen molar-refractivity contribution in [2.75, 3.05) is 19.6 Å². The van der Waals surface area contributed by atoms with Gasteiger partial charge in [0.15, 0.2) is 5.78 Å². The molecular formula is C23H26FNO4. The van der Waals surface area contributed by atoms with Crippen LogP contribution in [0.5, 0.6) is 0 Å². The summed E-state index contributed by atoms with van der Waals surface area (Å²) in [5, 5.41) is 20.5. The van der Waals surface area contributed by atoms with Gasteiger partial charge in [-0.15, -0.1) is 0 Å². The number of piperidine rings is 1. The van der Waals surface area contributed by atoms with E-state index in [0.717, 1.165) is 0 Å². The molecule has 1 aliphatic rings. The van der Waals surface area contributed by atoms with Crippen LogP contribution in [0.1, 0.15) is 35.2 Å². The number of Topliss-reactive ketones (excluding diaryl/α,β-unsaturated/α-hetero) is 1. The first-order valence-electron chi connectivity index (χ1n) is 9.87. The van der Waals surface area contributed by atoms with Crippen LogP contribution in [-0.4, -0.2) is 52.6 Å². The molecule has 154 valence electrons. The smallest absolute Gasteiger partial charge is 0.313 e. The fraction of sp³-hybridized carbons (Fsp3) is 0.391. The summed E-state index contributed by atoms with van der Waals surface area (Å²) in [5.74, 6) is -1.45. The van der Waals surface area contributed by atoms with Crippen LogP contribution >= 0.6 is 0 Å². The van der Waals surface area contributed by atoms with Gasteiger partial charge in [0.05, 0.1) is 6.10 Å². The van der Waals surface area contributed by atoms with E-state index < -0.39 is 23.3 Å². The Morgan fingerprint density at radius 1 is 1.14 bits per heavy atom. The number of hydrogen-bond acceptors (Lipinski definition) is 4. The van der Waals surface area contributed by atoms with Crippen molar-refractivity contribution in [1.82, 2.24) is 4.90 Å². The molecule has 1 aliphatic heterocycles. The van der Waals surface area contributed by atoms with E-state index in [4.69, 9.17) is 0 Å². The minimum absolute atomic E-state index is 0.0563. The monoisotopic (exact) mass is 399 g/mol. The molecule has 0 aliphatic carbocycles. The second kappa shape index (κ2) is 9.29. The van der Waals surface area contributed by atoms with Crippen molar-refractivity contribution in [3.05, 3.63) is 71.5 Å². The lowest BCUT2D eigenvalue weighted by Gasteiger charge is -2.43. The summed E-state index contributed by atoms with van der Waals surface area (Å²) in [4.78, 5) is 26.4. The number of carboxylic acids is 1. The summed E-state index contributed by atoms with van der Waals surface area (Å²) in [7, 11) is 0. The van der Waals surface area contributed by atoms with Gasteiger partial charge in [0.25, 0.3) is 0 Å². The van der Waals surface area contributed by atoms with Crippen LogP contribution in [-0.2, 0) is 11.2 Å². The fourth-order valence-corrected chi connectivity index (χ4v) is 4.06. The molecule has 2 aromatic rings. The topological polar surface area (TPSA) is 77.8 Å². The summed E-state index contributed by atoms with van der Waals surface area (Å²) < 4.78 is 13.6. The average molecular weight is 399 g/mol. The first-order chi connectivity index (χ1) is 13.9. The summed E-state index contributed by atoms with van der Waals surface area (Å²) in [6.45, 7) is 1.31. The molecule has 29 heavy (non-hydrogen) atoms. The largest absolute Gasteiger partial charge is 0.481 e. The number of halogens is 1. The number of carboxylic acid groups (broad SMARTS) is 1. The van der Waals surface area contributed by atoms with E-state index in [-0.39, 0.29) is 18.7 Å². The van der Waals surface area contributed by atoms with Crippen molar-refractivity contribution in [3.63, 3.8) is 0 Å². The molecule has 0 aromatic heterocycles. The van der Waals surface area contributed by atoms with Crippen molar-refractivity contribution < 1.29 is 24.2 Å². The molecule has 6 heteroatoms. The predicted molar refractivity (Wildman–Crippen MR) is 107 cm³/mol. The number of aliphatic hydroxyl groups is 1. The van der Waals surface area contributed by atoms with Gasteiger partial charge in [-0.3, -0.25) is 9.59 Å². The van der Waals surface area contributed by atoms with Gasteiger partial charge in [0, 0.05) is 25.1 Å². The normalized spacial score (nSPS) is 22.3. The molecule has 0 saturated carbocycles. The molecule has 2 N–H and O–H groups in total. The number of nitrogens with zero attached hydrogens (tertiary/aromatic N) is 1. The molecule has 5 nitrogen and oxygen atoms in total. The molecule has 0 amide bonds. The summed E-state index contributed by atoms with van der Waals surface area (Å²) in [6.07, 6.45) is 0.368. The number of carbonyl (C=O) groups is 2. The van der Waals surface area contributed by atoms with Crippen LogP contribution in [0.3, 0.4) is 0 Å². The van der Waals surface area contributed by atoms with Gasteiger partial charge in [-0.1, -0.05) is 42.5 Å². The number of aliphatic carboxylic acids is 1. The van der Waals surface area contributed by atoms with Crippen LogP contribution in [0.4, 0.5) is 4.39 Å². The minimum atomic E-state index is -1.39. The number of ketones is 1. The highest BCUT2D eigenvalue weighted by atomic mass is 19.1. The summed E-state index contributed by atoms with van der Waals surface area (Å²) >= 11 is 0. The minimum Gasteiger partial charge on any atom is -0.481 e. The number of likely N-dealkylation sites (tertiary alicyclic amines) is 1. The van der Waals surface area contributed by atoms with Gasteiger partial charge in [-0.25, -0.2) is 4.39 Å². The quantitative estimate of drug-likeness (QED) is 0.667. The van der Waals surface area contributed by atoms with Crippen molar-refractivity contribution in [3.8, 4) is 0 Å². The molecular weight excluding hydrogens is 373 g/mol. The third-order valence-corrected chi connectivity index (χ3v) is 5.67. The second-order valence-corrected chi connectivity index (χ2v) is 7.74. The van der Waals surface area contributed by atoms with E-state index in [1.807, 2.05) is 23.1 Å². The Morgan fingerprint density at radius 3 is 2.59 bits per heavy atom. The first-order valence-corrected chi connectivity index (χ1v) is 9.87. The molecule has 2 aromatic carbocycles. The van der Waals surface area contributed by atoms with Gasteiger partial charge >= 0.3 is 5.97 Å². The number of rotatable bonds is 8. The van der Waals surface area contributed by atoms with E-state index in [1.165, 1.54) is 12.1 Å². The van der Waals surface area contributed by atoms with Gasteiger partial charge in [-0.2, -0.15) is 0 Å². The number of carbonyl (C=O) groups excluding carboxylic acids is 1. The number of benzene rings is 2. The molecule has 3 rings (SSSR count). The molecule has 2 atom stereocenters.